The lowest BCUT2D eigenvalue weighted by molar-refractivity contribution is 0.0697. The van der Waals surface area contributed by atoms with Gasteiger partial charge in [0.15, 0.2) is 0 Å². The highest BCUT2D eigenvalue weighted by Gasteiger charge is 2.07. The van der Waals surface area contributed by atoms with Gasteiger partial charge in [-0.05, 0) is 30.7 Å². The number of aliphatic hydroxyl groups excluding tert-OH is 1. The maximum atomic E-state index is 10.8. The van der Waals surface area contributed by atoms with E-state index < -0.39 is 12.1 Å². The summed E-state index contributed by atoms with van der Waals surface area (Å²) in [6.45, 7) is 2.30. The van der Waals surface area contributed by atoms with E-state index in [4.69, 9.17) is 5.11 Å². The van der Waals surface area contributed by atoms with E-state index in [-0.39, 0.29) is 5.56 Å². The molecule has 4 heteroatoms. The monoisotopic (exact) mass is 271 g/mol. The zero-order valence-corrected chi connectivity index (χ0v) is 11.2. The smallest absolute Gasteiger partial charge is 0.335 e. The highest BCUT2D eigenvalue weighted by molar-refractivity contribution is 5.87. The number of rotatable bonds is 5. The van der Waals surface area contributed by atoms with Crippen molar-refractivity contribution in [3.8, 4) is 0 Å². The molecule has 0 aliphatic rings. The molecule has 1 atom stereocenters. The lowest BCUT2D eigenvalue weighted by Crippen LogP contribution is -2.04. The fourth-order valence-corrected chi connectivity index (χ4v) is 1.98. The lowest BCUT2D eigenvalue weighted by Gasteiger charge is -2.14. The number of hydrogen-bond acceptors (Lipinski definition) is 3. The van der Waals surface area contributed by atoms with E-state index in [9.17, 15) is 9.90 Å². The Morgan fingerprint density at radius 1 is 1.15 bits per heavy atom. The first-order valence-electron chi connectivity index (χ1n) is 6.41. The van der Waals surface area contributed by atoms with Crippen molar-refractivity contribution in [2.45, 2.75) is 19.6 Å². The molecule has 0 spiro atoms. The number of hydrogen-bond donors (Lipinski definition) is 3. The first-order valence-corrected chi connectivity index (χ1v) is 6.41. The summed E-state index contributed by atoms with van der Waals surface area (Å²) in [7, 11) is 0. The van der Waals surface area contributed by atoms with Crippen LogP contribution in [0.25, 0.3) is 0 Å². The molecule has 0 saturated carbocycles. The van der Waals surface area contributed by atoms with E-state index in [0.717, 1.165) is 16.8 Å². The second-order valence-electron chi connectivity index (χ2n) is 4.62. The number of carbonyl (C=O) groups is 1. The van der Waals surface area contributed by atoms with Gasteiger partial charge < -0.3 is 15.5 Å². The fourth-order valence-electron chi connectivity index (χ4n) is 1.98. The maximum Gasteiger partial charge on any atom is 0.335 e. The number of carboxylic acid groups (broad SMARTS) is 1. The van der Waals surface area contributed by atoms with Gasteiger partial charge in [-0.2, -0.15) is 0 Å². The van der Waals surface area contributed by atoms with Gasteiger partial charge >= 0.3 is 5.97 Å². The third kappa shape index (κ3) is 3.36. The second-order valence-corrected chi connectivity index (χ2v) is 4.62. The molecule has 0 amide bonds. The summed E-state index contributed by atoms with van der Waals surface area (Å²) in [4.78, 5) is 10.8. The van der Waals surface area contributed by atoms with Gasteiger partial charge in [0.25, 0.3) is 0 Å². The van der Waals surface area contributed by atoms with Gasteiger partial charge in [0.2, 0.25) is 0 Å². The standard InChI is InChI=1S/C16H17NO3/c1-11(18)14-4-2-3-5-15(14)17-10-12-6-8-13(9-7-12)16(19)20/h2-9,11,17-18H,10H2,1H3,(H,19,20). The van der Waals surface area contributed by atoms with Crippen molar-refractivity contribution < 1.29 is 15.0 Å². The van der Waals surface area contributed by atoms with Gasteiger partial charge in [-0.25, -0.2) is 4.79 Å². The van der Waals surface area contributed by atoms with Gasteiger partial charge in [0.05, 0.1) is 11.7 Å². The SMILES string of the molecule is CC(O)c1ccccc1NCc1ccc(C(=O)O)cc1. The molecule has 0 fully saturated rings. The Balaban J connectivity index is 2.07. The minimum absolute atomic E-state index is 0.276. The summed E-state index contributed by atoms with van der Waals surface area (Å²) < 4.78 is 0. The van der Waals surface area contributed by atoms with E-state index in [1.165, 1.54) is 0 Å². The Morgan fingerprint density at radius 3 is 2.40 bits per heavy atom. The first-order chi connectivity index (χ1) is 9.58. The lowest BCUT2D eigenvalue weighted by atomic mass is 10.1. The summed E-state index contributed by atoms with van der Waals surface area (Å²) in [5.41, 5.74) is 2.98. The third-order valence-corrected chi connectivity index (χ3v) is 3.09. The zero-order valence-electron chi connectivity index (χ0n) is 11.2. The predicted octanol–water partition coefficient (Wildman–Crippen LogP) is 3.05. The molecule has 0 saturated heterocycles. The van der Waals surface area contributed by atoms with Crippen LogP contribution in [0.5, 0.6) is 0 Å². The predicted molar refractivity (Wildman–Crippen MR) is 77.8 cm³/mol. The summed E-state index contributed by atoms with van der Waals surface area (Å²) in [6.07, 6.45) is -0.534. The molecule has 0 aromatic heterocycles. The Hall–Kier alpha value is -2.33. The molecule has 2 rings (SSSR count). The number of aromatic carboxylic acids is 1. The van der Waals surface area contributed by atoms with Crippen LogP contribution in [0, 0.1) is 0 Å². The van der Waals surface area contributed by atoms with Crippen LogP contribution in [0.3, 0.4) is 0 Å². The Labute approximate surface area is 117 Å². The van der Waals surface area contributed by atoms with Crippen molar-refractivity contribution in [2.24, 2.45) is 0 Å². The van der Waals surface area contributed by atoms with E-state index in [1.54, 1.807) is 31.2 Å². The molecule has 0 heterocycles. The largest absolute Gasteiger partial charge is 0.478 e. The topological polar surface area (TPSA) is 69.6 Å². The summed E-state index contributed by atoms with van der Waals surface area (Å²) >= 11 is 0. The van der Waals surface area contributed by atoms with Gasteiger partial charge in [-0.15, -0.1) is 0 Å². The highest BCUT2D eigenvalue weighted by atomic mass is 16.4. The summed E-state index contributed by atoms with van der Waals surface area (Å²) in [6, 6.07) is 14.3. The molecule has 4 nitrogen and oxygen atoms in total. The summed E-state index contributed by atoms with van der Waals surface area (Å²) in [5, 5.41) is 21.8. The van der Waals surface area contributed by atoms with Crippen molar-refractivity contribution in [3.63, 3.8) is 0 Å². The van der Waals surface area contributed by atoms with Crippen LogP contribution in [-0.2, 0) is 6.54 Å². The molecule has 0 radical (unpaired) electrons. The molecular weight excluding hydrogens is 254 g/mol. The third-order valence-electron chi connectivity index (χ3n) is 3.09. The van der Waals surface area contributed by atoms with Crippen LogP contribution in [0.1, 0.15) is 34.5 Å². The Kier molecular flexibility index (Phi) is 4.38. The minimum Gasteiger partial charge on any atom is -0.478 e. The van der Waals surface area contributed by atoms with Gasteiger partial charge in [-0.1, -0.05) is 30.3 Å². The van der Waals surface area contributed by atoms with Crippen molar-refractivity contribution in [3.05, 3.63) is 65.2 Å². The van der Waals surface area contributed by atoms with Crippen LogP contribution in [0.15, 0.2) is 48.5 Å². The van der Waals surface area contributed by atoms with E-state index in [0.29, 0.717) is 6.54 Å². The van der Waals surface area contributed by atoms with Crippen molar-refractivity contribution in [1.82, 2.24) is 0 Å². The van der Waals surface area contributed by atoms with Crippen molar-refractivity contribution >= 4 is 11.7 Å². The number of nitrogens with one attached hydrogen (secondary N) is 1. The van der Waals surface area contributed by atoms with Crippen LogP contribution < -0.4 is 5.32 Å². The van der Waals surface area contributed by atoms with Crippen molar-refractivity contribution in [1.29, 1.82) is 0 Å². The molecular formula is C16H17NO3. The molecule has 0 aliphatic heterocycles. The first kappa shape index (κ1) is 14.1. The summed E-state index contributed by atoms with van der Waals surface area (Å²) in [5.74, 6) is -0.927. The fraction of sp³-hybridized carbons (Fsp3) is 0.188. The van der Waals surface area contributed by atoms with Crippen LogP contribution in [0.2, 0.25) is 0 Å². The van der Waals surface area contributed by atoms with Crippen LogP contribution >= 0.6 is 0 Å². The molecule has 3 N–H and O–H groups in total. The van der Waals surface area contributed by atoms with Crippen LogP contribution in [-0.4, -0.2) is 16.2 Å². The number of carboxylic acids is 1. The van der Waals surface area contributed by atoms with Crippen LogP contribution in [0.4, 0.5) is 5.69 Å². The number of anilines is 1. The molecule has 2 aromatic carbocycles. The molecule has 0 bridgehead atoms. The average Bonchev–Trinajstić information content (AvgIpc) is 2.45. The van der Waals surface area contributed by atoms with Crippen molar-refractivity contribution in [2.75, 3.05) is 5.32 Å². The molecule has 0 aliphatic carbocycles. The van der Waals surface area contributed by atoms with E-state index in [1.807, 2.05) is 24.3 Å². The number of para-hydroxylation sites is 1. The van der Waals surface area contributed by atoms with E-state index in [2.05, 4.69) is 5.32 Å². The maximum absolute atomic E-state index is 10.8. The normalized spacial score (nSPS) is 11.9. The molecule has 20 heavy (non-hydrogen) atoms. The van der Waals surface area contributed by atoms with E-state index >= 15 is 0 Å². The molecule has 1 unspecified atom stereocenters. The minimum atomic E-state index is -0.927. The molecule has 104 valence electrons. The average molecular weight is 271 g/mol. The second kappa shape index (κ2) is 6.21. The van der Waals surface area contributed by atoms with Gasteiger partial charge in [-0.3, -0.25) is 0 Å². The quantitative estimate of drug-likeness (QED) is 0.781. The Bertz CT molecular complexity index is 591. The highest BCUT2D eigenvalue weighted by Crippen LogP contribution is 2.22. The Morgan fingerprint density at radius 2 is 1.80 bits per heavy atom. The number of benzene rings is 2. The van der Waals surface area contributed by atoms with Gasteiger partial charge in [0.1, 0.15) is 0 Å². The number of aliphatic hydroxyl groups is 1. The van der Waals surface area contributed by atoms with Gasteiger partial charge in [0, 0.05) is 17.8 Å². The zero-order chi connectivity index (χ0) is 14.5. The molecule has 2 aromatic rings.